The summed E-state index contributed by atoms with van der Waals surface area (Å²) in [7, 11) is 0. The number of hydrogen-bond donors (Lipinski definition) is 2. The first-order valence-corrected chi connectivity index (χ1v) is 9.09. The monoisotopic (exact) mass is 349 g/mol. The molecule has 0 spiro atoms. The summed E-state index contributed by atoms with van der Waals surface area (Å²) in [5.74, 6) is 0. The Labute approximate surface area is 155 Å². The number of para-hydroxylation sites is 1. The third-order valence-electron chi connectivity index (χ3n) is 4.55. The van der Waals surface area contributed by atoms with Crippen molar-refractivity contribution in [3.05, 3.63) is 71.3 Å². The molecule has 26 heavy (non-hydrogen) atoms. The molecule has 0 bridgehead atoms. The molecule has 0 aromatic heterocycles. The van der Waals surface area contributed by atoms with Gasteiger partial charge in [0.2, 0.25) is 0 Å². The average Bonchev–Trinajstić information content (AvgIpc) is 2.59. The number of ether oxygens (including phenoxy) is 1. The van der Waals surface area contributed by atoms with Crippen LogP contribution in [0.5, 0.6) is 0 Å². The summed E-state index contributed by atoms with van der Waals surface area (Å²) in [5, 5.41) is 8.23. The Bertz CT molecular complexity index is 789. The van der Waals surface area contributed by atoms with Crippen molar-refractivity contribution in [1.29, 1.82) is 5.41 Å². The van der Waals surface area contributed by atoms with E-state index in [9.17, 15) is 0 Å². The minimum absolute atomic E-state index is 0.277. The van der Waals surface area contributed by atoms with Gasteiger partial charge in [0.1, 0.15) is 0 Å². The Balaban J connectivity index is 1.67. The van der Waals surface area contributed by atoms with Crippen LogP contribution in [0.4, 0.5) is 5.69 Å². The highest BCUT2D eigenvalue weighted by Gasteiger charge is 2.21. The standard InChI is InChI=1S/C22H27N3O/c1-16-13-25(14-17(2)26-16)15-19-7-5-6-18(12-19)10-11-22(24)20-8-3-4-9-21(20)23/h3-12,16-17,24H,13-15,23H2,1-2H3/b11-10+,24-22?. The quantitative estimate of drug-likeness (QED) is 0.634. The molecule has 3 N–H and O–H groups in total. The summed E-state index contributed by atoms with van der Waals surface area (Å²) in [6.45, 7) is 7.10. The molecule has 0 amide bonds. The molecular formula is C22H27N3O. The maximum absolute atomic E-state index is 8.23. The predicted molar refractivity (Wildman–Crippen MR) is 108 cm³/mol. The lowest BCUT2D eigenvalue weighted by Gasteiger charge is -2.35. The Morgan fingerprint density at radius 2 is 1.88 bits per heavy atom. The lowest BCUT2D eigenvalue weighted by atomic mass is 10.1. The zero-order valence-electron chi connectivity index (χ0n) is 15.5. The molecule has 2 unspecified atom stereocenters. The molecule has 1 aliphatic heterocycles. The number of allylic oxidation sites excluding steroid dienone is 1. The Morgan fingerprint density at radius 3 is 2.62 bits per heavy atom. The average molecular weight is 349 g/mol. The number of rotatable bonds is 5. The highest BCUT2D eigenvalue weighted by atomic mass is 16.5. The van der Waals surface area contributed by atoms with Crippen LogP contribution in [-0.4, -0.2) is 35.9 Å². The zero-order valence-corrected chi connectivity index (χ0v) is 15.5. The van der Waals surface area contributed by atoms with Gasteiger partial charge in [0.05, 0.1) is 17.9 Å². The fourth-order valence-corrected chi connectivity index (χ4v) is 3.48. The van der Waals surface area contributed by atoms with Crippen molar-refractivity contribution < 1.29 is 4.74 Å². The van der Waals surface area contributed by atoms with Crippen molar-refractivity contribution in [2.75, 3.05) is 18.8 Å². The smallest absolute Gasteiger partial charge is 0.0678 e. The molecule has 0 saturated carbocycles. The van der Waals surface area contributed by atoms with E-state index in [0.29, 0.717) is 11.4 Å². The first-order chi connectivity index (χ1) is 12.5. The molecule has 2 atom stereocenters. The van der Waals surface area contributed by atoms with E-state index in [0.717, 1.165) is 30.8 Å². The van der Waals surface area contributed by atoms with Crippen LogP contribution < -0.4 is 5.73 Å². The molecule has 0 aliphatic carbocycles. The van der Waals surface area contributed by atoms with E-state index in [4.69, 9.17) is 15.9 Å². The van der Waals surface area contributed by atoms with Gasteiger partial charge in [-0.3, -0.25) is 4.90 Å². The highest BCUT2D eigenvalue weighted by Crippen LogP contribution is 2.17. The number of morpholine rings is 1. The largest absolute Gasteiger partial charge is 0.398 e. The van der Waals surface area contributed by atoms with Gasteiger partial charge >= 0.3 is 0 Å². The van der Waals surface area contributed by atoms with E-state index in [1.54, 1.807) is 0 Å². The fourth-order valence-electron chi connectivity index (χ4n) is 3.48. The normalized spacial score (nSPS) is 21.2. The van der Waals surface area contributed by atoms with E-state index in [-0.39, 0.29) is 12.2 Å². The second kappa shape index (κ2) is 8.30. The molecule has 1 saturated heterocycles. The molecule has 1 fully saturated rings. The second-order valence-corrected chi connectivity index (χ2v) is 7.03. The number of nitrogens with one attached hydrogen (secondary N) is 1. The number of benzene rings is 2. The number of hydrogen-bond acceptors (Lipinski definition) is 4. The van der Waals surface area contributed by atoms with Gasteiger partial charge in [0.25, 0.3) is 0 Å². The van der Waals surface area contributed by atoms with Crippen LogP contribution in [0.2, 0.25) is 0 Å². The van der Waals surface area contributed by atoms with E-state index in [1.165, 1.54) is 5.56 Å². The molecule has 136 valence electrons. The van der Waals surface area contributed by atoms with Crippen molar-refractivity contribution in [3.63, 3.8) is 0 Å². The minimum Gasteiger partial charge on any atom is -0.398 e. The van der Waals surface area contributed by atoms with Gasteiger partial charge in [-0.25, -0.2) is 0 Å². The van der Waals surface area contributed by atoms with Crippen LogP contribution in [0.1, 0.15) is 30.5 Å². The predicted octanol–water partition coefficient (Wildman–Crippen LogP) is 3.96. The van der Waals surface area contributed by atoms with Gasteiger partial charge in [0, 0.05) is 30.9 Å². The summed E-state index contributed by atoms with van der Waals surface area (Å²) < 4.78 is 5.81. The Kier molecular flexibility index (Phi) is 5.86. The van der Waals surface area contributed by atoms with E-state index in [2.05, 4.69) is 43.0 Å². The topological polar surface area (TPSA) is 62.3 Å². The van der Waals surface area contributed by atoms with Crippen molar-refractivity contribution >= 4 is 17.5 Å². The molecule has 3 rings (SSSR count). The van der Waals surface area contributed by atoms with Gasteiger partial charge < -0.3 is 15.9 Å². The van der Waals surface area contributed by atoms with Crippen molar-refractivity contribution in [2.24, 2.45) is 0 Å². The van der Waals surface area contributed by atoms with Gasteiger partial charge in [-0.05, 0) is 37.1 Å². The van der Waals surface area contributed by atoms with Gasteiger partial charge in [-0.1, -0.05) is 48.5 Å². The number of nitrogens with zero attached hydrogens (tertiary/aromatic N) is 1. The molecular weight excluding hydrogens is 322 g/mol. The van der Waals surface area contributed by atoms with Crippen LogP contribution in [0.3, 0.4) is 0 Å². The maximum atomic E-state index is 8.23. The zero-order chi connectivity index (χ0) is 18.5. The first kappa shape index (κ1) is 18.4. The number of nitrogens with two attached hydrogens (primary N) is 1. The van der Waals surface area contributed by atoms with E-state index >= 15 is 0 Å². The molecule has 2 aromatic carbocycles. The summed E-state index contributed by atoms with van der Waals surface area (Å²) >= 11 is 0. The van der Waals surface area contributed by atoms with Gasteiger partial charge in [0.15, 0.2) is 0 Å². The second-order valence-electron chi connectivity index (χ2n) is 7.03. The summed E-state index contributed by atoms with van der Waals surface area (Å²) in [6, 6.07) is 16.0. The van der Waals surface area contributed by atoms with Crippen LogP contribution in [-0.2, 0) is 11.3 Å². The van der Waals surface area contributed by atoms with E-state index < -0.39 is 0 Å². The number of nitrogen functional groups attached to an aromatic ring is 1. The maximum Gasteiger partial charge on any atom is 0.0678 e. The first-order valence-electron chi connectivity index (χ1n) is 9.09. The third kappa shape index (κ3) is 4.81. The Morgan fingerprint density at radius 1 is 1.15 bits per heavy atom. The third-order valence-corrected chi connectivity index (χ3v) is 4.55. The molecule has 1 aliphatic rings. The van der Waals surface area contributed by atoms with E-state index in [1.807, 2.05) is 36.4 Å². The molecule has 4 heteroatoms. The summed E-state index contributed by atoms with van der Waals surface area (Å²) in [5.41, 5.74) is 10.1. The highest BCUT2D eigenvalue weighted by molar-refractivity contribution is 6.11. The summed E-state index contributed by atoms with van der Waals surface area (Å²) in [4.78, 5) is 2.44. The van der Waals surface area contributed by atoms with Gasteiger partial charge in [-0.15, -0.1) is 0 Å². The van der Waals surface area contributed by atoms with Crippen molar-refractivity contribution in [3.8, 4) is 0 Å². The number of anilines is 1. The SMILES string of the molecule is CC1CN(Cc2cccc(/C=C/C(=N)c3ccccc3N)c2)CC(C)O1. The molecule has 4 nitrogen and oxygen atoms in total. The molecule has 1 heterocycles. The molecule has 0 radical (unpaired) electrons. The molecule has 2 aromatic rings. The van der Waals surface area contributed by atoms with Crippen LogP contribution in [0, 0.1) is 5.41 Å². The van der Waals surface area contributed by atoms with Gasteiger partial charge in [-0.2, -0.15) is 0 Å². The van der Waals surface area contributed by atoms with Crippen LogP contribution >= 0.6 is 0 Å². The lowest BCUT2D eigenvalue weighted by Crippen LogP contribution is -2.44. The fraction of sp³-hybridized carbons (Fsp3) is 0.318. The van der Waals surface area contributed by atoms with Crippen molar-refractivity contribution in [1.82, 2.24) is 4.90 Å². The minimum atomic E-state index is 0.277. The van der Waals surface area contributed by atoms with Crippen molar-refractivity contribution in [2.45, 2.75) is 32.6 Å². The summed E-state index contributed by atoms with van der Waals surface area (Å²) in [6.07, 6.45) is 4.34. The Hall–Kier alpha value is -2.43. The van der Waals surface area contributed by atoms with Crippen LogP contribution in [0.15, 0.2) is 54.6 Å². The lowest BCUT2D eigenvalue weighted by molar-refractivity contribution is -0.0704. The van der Waals surface area contributed by atoms with Crippen LogP contribution in [0.25, 0.3) is 6.08 Å².